The van der Waals surface area contributed by atoms with Crippen LogP contribution >= 0.6 is 0 Å². The molecule has 14 heavy (non-hydrogen) atoms. The zero-order valence-electron chi connectivity index (χ0n) is 9.12. The van der Waals surface area contributed by atoms with Crippen molar-refractivity contribution in [3.8, 4) is 0 Å². The summed E-state index contributed by atoms with van der Waals surface area (Å²) in [5.74, 6) is -0.0921. The van der Waals surface area contributed by atoms with Gasteiger partial charge in [-0.05, 0) is 31.1 Å². The van der Waals surface area contributed by atoms with Crippen molar-refractivity contribution in [1.82, 2.24) is 0 Å². The van der Waals surface area contributed by atoms with E-state index in [1.54, 1.807) is 0 Å². The van der Waals surface area contributed by atoms with Crippen LogP contribution in [0.4, 0.5) is 0 Å². The lowest BCUT2D eigenvalue weighted by atomic mass is 9.64. The van der Waals surface area contributed by atoms with Gasteiger partial charge in [0.2, 0.25) is 0 Å². The number of carbonyl (C=O) groups is 1. The number of nitrogens with two attached hydrogens (primary N) is 1. The third-order valence-corrected chi connectivity index (χ3v) is 3.60. The van der Waals surface area contributed by atoms with Gasteiger partial charge in [-0.25, -0.2) is 0 Å². The first-order valence-electron chi connectivity index (χ1n) is 5.44. The highest BCUT2D eigenvalue weighted by Gasteiger charge is 2.39. The van der Waals surface area contributed by atoms with Crippen molar-refractivity contribution in [1.29, 1.82) is 0 Å². The second-order valence-electron chi connectivity index (χ2n) is 4.92. The summed E-state index contributed by atoms with van der Waals surface area (Å²) in [4.78, 5) is 10.8. The fourth-order valence-corrected chi connectivity index (χ4v) is 2.74. The van der Waals surface area contributed by atoms with Crippen molar-refractivity contribution in [3.63, 3.8) is 0 Å². The lowest BCUT2D eigenvalue weighted by molar-refractivity contribution is -0.141. The number of carboxylic acid groups (broad SMARTS) is 1. The molecule has 0 aromatic heterocycles. The molecule has 1 saturated carbocycles. The van der Waals surface area contributed by atoms with E-state index in [0.717, 1.165) is 19.3 Å². The van der Waals surface area contributed by atoms with E-state index in [4.69, 9.17) is 10.8 Å². The van der Waals surface area contributed by atoms with Gasteiger partial charge < -0.3 is 10.8 Å². The minimum atomic E-state index is -0.712. The Bertz CT molecular complexity index is 215. The molecule has 1 aliphatic rings. The van der Waals surface area contributed by atoms with Crippen LogP contribution in [0.2, 0.25) is 0 Å². The zero-order valence-corrected chi connectivity index (χ0v) is 9.12. The van der Waals surface area contributed by atoms with Crippen molar-refractivity contribution in [2.75, 3.05) is 0 Å². The van der Waals surface area contributed by atoms with Crippen LogP contribution in [0.1, 0.15) is 46.0 Å². The number of carboxylic acids is 1. The third-order valence-electron chi connectivity index (χ3n) is 3.60. The molecule has 3 unspecified atom stereocenters. The second kappa shape index (κ2) is 4.30. The Morgan fingerprint density at radius 2 is 2.36 bits per heavy atom. The minimum Gasteiger partial charge on any atom is -0.481 e. The van der Waals surface area contributed by atoms with Crippen LogP contribution in [0.25, 0.3) is 0 Å². The van der Waals surface area contributed by atoms with Crippen molar-refractivity contribution in [2.45, 2.75) is 52.0 Å². The summed E-state index contributed by atoms with van der Waals surface area (Å²) in [5.41, 5.74) is 5.80. The molecule has 0 aromatic rings. The van der Waals surface area contributed by atoms with Gasteiger partial charge in [0.25, 0.3) is 0 Å². The van der Waals surface area contributed by atoms with Gasteiger partial charge in [-0.3, -0.25) is 4.79 Å². The summed E-state index contributed by atoms with van der Waals surface area (Å²) in [6, 6.07) is -0.0126. The molecule has 0 heterocycles. The van der Waals surface area contributed by atoms with Gasteiger partial charge in [0, 0.05) is 6.04 Å². The van der Waals surface area contributed by atoms with Crippen molar-refractivity contribution in [2.24, 2.45) is 17.1 Å². The van der Waals surface area contributed by atoms with Gasteiger partial charge in [0.05, 0.1) is 6.42 Å². The van der Waals surface area contributed by atoms with Crippen LogP contribution < -0.4 is 5.73 Å². The first kappa shape index (κ1) is 11.5. The fourth-order valence-electron chi connectivity index (χ4n) is 2.74. The van der Waals surface area contributed by atoms with Gasteiger partial charge in [-0.15, -0.1) is 0 Å². The van der Waals surface area contributed by atoms with E-state index in [0.29, 0.717) is 5.92 Å². The lowest BCUT2D eigenvalue weighted by Crippen LogP contribution is -2.44. The Kier molecular flexibility index (Phi) is 3.53. The maximum atomic E-state index is 10.8. The van der Waals surface area contributed by atoms with E-state index >= 15 is 0 Å². The molecule has 1 rings (SSSR count). The second-order valence-corrected chi connectivity index (χ2v) is 4.92. The SMILES string of the molecule is CC1CCCC(CC(=O)O)(C(C)N)C1. The average Bonchev–Trinajstić information content (AvgIpc) is 2.02. The summed E-state index contributed by atoms with van der Waals surface area (Å²) in [6.45, 7) is 4.14. The topological polar surface area (TPSA) is 63.3 Å². The smallest absolute Gasteiger partial charge is 0.303 e. The van der Waals surface area contributed by atoms with Crippen LogP contribution in [0.15, 0.2) is 0 Å². The normalized spacial score (nSPS) is 35.2. The molecule has 1 aliphatic carbocycles. The van der Waals surface area contributed by atoms with E-state index in [1.807, 2.05) is 6.92 Å². The van der Waals surface area contributed by atoms with Crippen LogP contribution in [-0.4, -0.2) is 17.1 Å². The van der Waals surface area contributed by atoms with Crippen molar-refractivity contribution in [3.05, 3.63) is 0 Å². The molecule has 0 spiro atoms. The summed E-state index contributed by atoms with van der Waals surface area (Å²) in [5, 5.41) is 8.91. The zero-order chi connectivity index (χ0) is 10.8. The summed E-state index contributed by atoms with van der Waals surface area (Å²) in [7, 11) is 0. The molecule has 3 atom stereocenters. The molecule has 3 heteroatoms. The number of aliphatic carboxylic acids is 1. The van der Waals surface area contributed by atoms with E-state index in [1.165, 1.54) is 6.42 Å². The quantitative estimate of drug-likeness (QED) is 0.730. The van der Waals surface area contributed by atoms with Gasteiger partial charge in [-0.1, -0.05) is 19.8 Å². The molecule has 3 nitrogen and oxygen atoms in total. The highest BCUT2D eigenvalue weighted by Crippen LogP contribution is 2.43. The fraction of sp³-hybridized carbons (Fsp3) is 0.909. The molecular formula is C11H21NO2. The van der Waals surface area contributed by atoms with E-state index in [2.05, 4.69) is 6.92 Å². The van der Waals surface area contributed by atoms with Crippen LogP contribution in [0, 0.1) is 11.3 Å². The number of hydrogen-bond acceptors (Lipinski definition) is 2. The minimum absolute atomic E-state index is 0.0126. The van der Waals surface area contributed by atoms with Gasteiger partial charge in [-0.2, -0.15) is 0 Å². The molecule has 82 valence electrons. The Hall–Kier alpha value is -0.570. The largest absolute Gasteiger partial charge is 0.481 e. The molecular weight excluding hydrogens is 178 g/mol. The molecule has 0 aliphatic heterocycles. The van der Waals surface area contributed by atoms with Crippen LogP contribution in [0.3, 0.4) is 0 Å². The highest BCUT2D eigenvalue weighted by molar-refractivity contribution is 5.67. The van der Waals surface area contributed by atoms with E-state index in [-0.39, 0.29) is 17.9 Å². The predicted molar refractivity (Wildman–Crippen MR) is 56.0 cm³/mol. The summed E-state index contributed by atoms with van der Waals surface area (Å²) < 4.78 is 0. The summed E-state index contributed by atoms with van der Waals surface area (Å²) in [6.07, 6.45) is 4.51. The molecule has 1 fully saturated rings. The number of hydrogen-bond donors (Lipinski definition) is 2. The van der Waals surface area contributed by atoms with Crippen LogP contribution in [0.5, 0.6) is 0 Å². The lowest BCUT2D eigenvalue weighted by Gasteiger charge is -2.42. The van der Waals surface area contributed by atoms with E-state index < -0.39 is 5.97 Å². The van der Waals surface area contributed by atoms with Gasteiger partial charge >= 0.3 is 5.97 Å². The molecule has 0 amide bonds. The molecule has 0 aromatic carbocycles. The van der Waals surface area contributed by atoms with Crippen molar-refractivity contribution >= 4 is 5.97 Å². The Morgan fingerprint density at radius 3 is 2.79 bits per heavy atom. The van der Waals surface area contributed by atoms with E-state index in [9.17, 15) is 4.79 Å². The Labute approximate surface area is 85.7 Å². The first-order valence-corrected chi connectivity index (χ1v) is 5.44. The average molecular weight is 199 g/mol. The monoisotopic (exact) mass is 199 g/mol. The predicted octanol–water partition coefficient (Wildman–Crippen LogP) is 2.00. The van der Waals surface area contributed by atoms with Gasteiger partial charge in [0.1, 0.15) is 0 Å². The maximum Gasteiger partial charge on any atom is 0.303 e. The molecule has 0 radical (unpaired) electrons. The first-order chi connectivity index (χ1) is 6.46. The molecule has 0 bridgehead atoms. The van der Waals surface area contributed by atoms with Gasteiger partial charge in [0.15, 0.2) is 0 Å². The highest BCUT2D eigenvalue weighted by atomic mass is 16.4. The van der Waals surface area contributed by atoms with Crippen molar-refractivity contribution < 1.29 is 9.90 Å². The third kappa shape index (κ3) is 2.47. The molecule has 3 N–H and O–H groups in total. The maximum absolute atomic E-state index is 10.8. The Balaban J connectivity index is 2.74. The number of rotatable bonds is 3. The summed E-state index contributed by atoms with van der Waals surface area (Å²) >= 11 is 0. The molecule has 0 saturated heterocycles. The Morgan fingerprint density at radius 1 is 1.71 bits per heavy atom. The van der Waals surface area contributed by atoms with Crippen LogP contribution in [-0.2, 0) is 4.79 Å². The standard InChI is InChI=1S/C11H21NO2/c1-8-4-3-5-11(6-8,9(2)12)7-10(13)14/h8-9H,3-7,12H2,1-2H3,(H,13,14).